The Balaban J connectivity index is 1.39. The van der Waals surface area contributed by atoms with Crippen LogP contribution >= 0.6 is 0 Å². The maximum Gasteiger partial charge on any atom is 0.295 e. The van der Waals surface area contributed by atoms with Gasteiger partial charge in [0.15, 0.2) is 11.5 Å². The molecule has 8 nitrogen and oxygen atoms in total. The standard InChI is InChI=1S/C33H33NO7/c1-20-15-24-16-23(11-12-26(24)41-20)31(35)29-30(34(33(37)32(29)36)18-25-9-6-14-39-25)22-10-13-27(28(17-22)38-2)40-19-21-7-4-3-5-8-21/h3-5,7-8,10-13,16-17,20,25,30,35H,6,9,14-15,18-19H2,1-2H3/t20-,25-,30-/m1/s1. The number of carbonyl (C=O) groups excluding carboxylic acids is 2. The lowest BCUT2D eigenvalue weighted by molar-refractivity contribution is -0.140. The number of fused-ring (bicyclic) bond motifs is 1. The maximum atomic E-state index is 13.5. The van der Waals surface area contributed by atoms with Crippen molar-refractivity contribution in [2.24, 2.45) is 0 Å². The van der Waals surface area contributed by atoms with Gasteiger partial charge in [-0.25, -0.2) is 0 Å². The summed E-state index contributed by atoms with van der Waals surface area (Å²) < 4.78 is 23.3. The monoisotopic (exact) mass is 555 g/mol. The number of amides is 1. The van der Waals surface area contributed by atoms with E-state index in [-0.39, 0.29) is 30.1 Å². The highest BCUT2D eigenvalue weighted by Gasteiger charge is 2.47. The molecule has 0 aliphatic carbocycles. The van der Waals surface area contributed by atoms with Gasteiger partial charge in [-0.1, -0.05) is 36.4 Å². The predicted molar refractivity (Wildman–Crippen MR) is 152 cm³/mol. The number of methoxy groups -OCH3 is 1. The average molecular weight is 556 g/mol. The Hall–Kier alpha value is -4.30. The molecule has 0 spiro atoms. The summed E-state index contributed by atoms with van der Waals surface area (Å²) in [7, 11) is 1.55. The number of hydrogen-bond acceptors (Lipinski definition) is 7. The molecule has 0 aromatic heterocycles. The Kier molecular flexibility index (Phi) is 7.41. The second-order valence-corrected chi connectivity index (χ2v) is 10.7. The number of carbonyl (C=O) groups is 2. The summed E-state index contributed by atoms with van der Waals surface area (Å²) in [6, 6.07) is 19.7. The summed E-state index contributed by atoms with van der Waals surface area (Å²) in [5, 5.41) is 11.6. The van der Waals surface area contributed by atoms with Crippen LogP contribution in [0, 0.1) is 0 Å². The van der Waals surface area contributed by atoms with Crippen LogP contribution in [-0.2, 0) is 27.4 Å². The van der Waals surface area contributed by atoms with E-state index in [9.17, 15) is 14.7 Å². The lowest BCUT2D eigenvalue weighted by Crippen LogP contribution is -2.36. The first kappa shape index (κ1) is 26.9. The van der Waals surface area contributed by atoms with Crippen molar-refractivity contribution in [3.05, 3.63) is 94.6 Å². The predicted octanol–water partition coefficient (Wildman–Crippen LogP) is 5.20. The molecule has 3 aliphatic rings. The Bertz CT molecular complexity index is 1490. The van der Waals surface area contributed by atoms with Crippen LogP contribution in [0.4, 0.5) is 0 Å². The molecule has 2 fully saturated rings. The molecule has 3 aromatic rings. The summed E-state index contributed by atoms with van der Waals surface area (Å²) in [6.07, 6.45) is 2.26. The Morgan fingerprint density at radius 3 is 2.63 bits per heavy atom. The molecule has 0 saturated carbocycles. The quantitative estimate of drug-likeness (QED) is 0.232. The molecule has 1 amide bonds. The molecule has 0 radical (unpaired) electrons. The summed E-state index contributed by atoms with van der Waals surface area (Å²) >= 11 is 0. The van der Waals surface area contributed by atoms with Gasteiger partial charge in [0.25, 0.3) is 11.7 Å². The van der Waals surface area contributed by atoms with Gasteiger partial charge >= 0.3 is 0 Å². The lowest BCUT2D eigenvalue weighted by atomic mass is 9.94. The Morgan fingerprint density at radius 2 is 1.88 bits per heavy atom. The molecule has 3 aromatic carbocycles. The molecule has 0 bridgehead atoms. The molecule has 8 heteroatoms. The third kappa shape index (κ3) is 5.27. The molecule has 1 N–H and O–H groups in total. The number of aliphatic hydroxyl groups is 1. The van der Waals surface area contributed by atoms with E-state index in [0.29, 0.717) is 42.3 Å². The topological polar surface area (TPSA) is 94.5 Å². The first-order chi connectivity index (χ1) is 19.9. The van der Waals surface area contributed by atoms with Gasteiger partial charge in [-0.15, -0.1) is 0 Å². The highest BCUT2D eigenvalue weighted by molar-refractivity contribution is 6.46. The molecule has 3 heterocycles. The summed E-state index contributed by atoms with van der Waals surface area (Å²) in [4.78, 5) is 28.5. The first-order valence-corrected chi connectivity index (χ1v) is 14.0. The Morgan fingerprint density at radius 1 is 1.05 bits per heavy atom. The molecule has 3 aliphatic heterocycles. The molecule has 2 saturated heterocycles. The van der Waals surface area contributed by atoms with E-state index in [0.717, 1.165) is 29.7 Å². The van der Waals surface area contributed by atoms with Crippen molar-refractivity contribution in [2.45, 2.75) is 51.0 Å². The van der Waals surface area contributed by atoms with Gasteiger partial charge < -0.3 is 29.0 Å². The van der Waals surface area contributed by atoms with Crippen molar-refractivity contribution in [3.8, 4) is 17.2 Å². The molecule has 0 unspecified atom stereocenters. The fraction of sp³-hybridized carbons (Fsp3) is 0.333. The molecule has 6 rings (SSSR count). The zero-order valence-electron chi connectivity index (χ0n) is 23.2. The SMILES string of the molecule is COc1cc([C@@H]2C(=C(O)c3ccc4c(c3)C[C@@H](C)O4)C(=O)C(=O)N2C[C@H]2CCCO2)ccc1OCc1ccccc1. The molecule has 212 valence electrons. The third-order valence-electron chi connectivity index (χ3n) is 7.87. The largest absolute Gasteiger partial charge is 0.507 e. The number of Topliss-reactive ketones (excluding diaryl/α,β-unsaturated/α-hetero) is 1. The number of aliphatic hydroxyl groups excluding tert-OH is 1. The fourth-order valence-corrected chi connectivity index (χ4v) is 5.86. The average Bonchev–Trinajstić information content (AvgIpc) is 3.70. The van der Waals surface area contributed by atoms with Gasteiger partial charge in [-0.2, -0.15) is 0 Å². The minimum Gasteiger partial charge on any atom is -0.507 e. The van der Waals surface area contributed by atoms with E-state index in [1.54, 1.807) is 31.4 Å². The van der Waals surface area contributed by atoms with Gasteiger partial charge in [-0.05, 0) is 66.8 Å². The van der Waals surface area contributed by atoms with E-state index in [4.69, 9.17) is 18.9 Å². The van der Waals surface area contributed by atoms with Crippen molar-refractivity contribution < 1.29 is 33.6 Å². The minimum atomic E-state index is -0.820. The Labute approximate surface area is 239 Å². The van der Waals surface area contributed by atoms with Crippen molar-refractivity contribution >= 4 is 17.4 Å². The number of hydrogen-bond donors (Lipinski definition) is 1. The highest BCUT2D eigenvalue weighted by atomic mass is 16.5. The van der Waals surface area contributed by atoms with Crippen LogP contribution in [0.15, 0.2) is 72.3 Å². The van der Waals surface area contributed by atoms with Gasteiger partial charge in [0.2, 0.25) is 0 Å². The van der Waals surface area contributed by atoms with E-state index in [2.05, 4.69) is 0 Å². The van der Waals surface area contributed by atoms with E-state index < -0.39 is 17.7 Å². The molecule has 3 atom stereocenters. The van der Waals surface area contributed by atoms with Crippen LogP contribution in [0.1, 0.15) is 48.1 Å². The first-order valence-electron chi connectivity index (χ1n) is 14.0. The van der Waals surface area contributed by atoms with E-state index >= 15 is 0 Å². The fourth-order valence-electron chi connectivity index (χ4n) is 5.86. The van der Waals surface area contributed by atoms with Crippen molar-refractivity contribution in [3.63, 3.8) is 0 Å². The molecular weight excluding hydrogens is 522 g/mol. The van der Waals surface area contributed by atoms with Crippen molar-refractivity contribution in [2.75, 3.05) is 20.3 Å². The second-order valence-electron chi connectivity index (χ2n) is 10.7. The second kappa shape index (κ2) is 11.3. The van der Waals surface area contributed by atoms with Crippen LogP contribution in [0.25, 0.3) is 5.76 Å². The number of ketones is 1. The van der Waals surface area contributed by atoms with Gasteiger partial charge in [0.05, 0.1) is 24.8 Å². The van der Waals surface area contributed by atoms with Crippen LogP contribution < -0.4 is 14.2 Å². The normalized spacial score (nSPS) is 23.0. The third-order valence-corrected chi connectivity index (χ3v) is 7.87. The number of benzene rings is 3. The van der Waals surface area contributed by atoms with Gasteiger partial charge in [0, 0.05) is 25.1 Å². The summed E-state index contributed by atoms with van der Waals surface area (Å²) in [5.74, 6) is 0.162. The van der Waals surface area contributed by atoms with Crippen molar-refractivity contribution in [1.82, 2.24) is 4.90 Å². The highest BCUT2D eigenvalue weighted by Crippen LogP contribution is 2.43. The molecular formula is C33H33NO7. The smallest absolute Gasteiger partial charge is 0.295 e. The van der Waals surface area contributed by atoms with Gasteiger partial charge in [0.1, 0.15) is 24.2 Å². The van der Waals surface area contributed by atoms with Crippen LogP contribution in [0.5, 0.6) is 17.2 Å². The van der Waals surface area contributed by atoms with E-state index in [1.165, 1.54) is 4.90 Å². The number of likely N-dealkylation sites (tertiary alicyclic amines) is 1. The lowest BCUT2D eigenvalue weighted by Gasteiger charge is -2.28. The summed E-state index contributed by atoms with van der Waals surface area (Å²) in [6.45, 7) is 3.21. The maximum absolute atomic E-state index is 13.5. The molecule has 41 heavy (non-hydrogen) atoms. The van der Waals surface area contributed by atoms with Crippen LogP contribution in [0.2, 0.25) is 0 Å². The van der Waals surface area contributed by atoms with E-state index in [1.807, 2.05) is 49.4 Å². The van der Waals surface area contributed by atoms with Crippen molar-refractivity contribution in [1.29, 1.82) is 0 Å². The minimum absolute atomic E-state index is 0.0366. The van der Waals surface area contributed by atoms with Gasteiger partial charge in [-0.3, -0.25) is 9.59 Å². The zero-order chi connectivity index (χ0) is 28.5. The summed E-state index contributed by atoms with van der Waals surface area (Å²) in [5.41, 5.74) is 3.10. The number of rotatable bonds is 8. The number of nitrogens with zero attached hydrogens (tertiary/aromatic N) is 1. The zero-order valence-corrected chi connectivity index (χ0v) is 23.2. The van der Waals surface area contributed by atoms with Crippen LogP contribution in [0.3, 0.4) is 0 Å². The number of ether oxygens (including phenoxy) is 4. The van der Waals surface area contributed by atoms with Crippen LogP contribution in [-0.4, -0.2) is 54.2 Å².